The molecule has 0 radical (unpaired) electrons. The highest BCUT2D eigenvalue weighted by Crippen LogP contribution is 2.19. The fourth-order valence-electron chi connectivity index (χ4n) is 3.62. The lowest BCUT2D eigenvalue weighted by Gasteiger charge is -2.25. The fourth-order valence-corrected chi connectivity index (χ4v) is 4.31. The Balaban J connectivity index is 1.53. The Hall–Kier alpha value is -2.44. The molecule has 146 valence electrons. The summed E-state index contributed by atoms with van der Waals surface area (Å²) in [6, 6.07) is 12.3. The van der Waals surface area contributed by atoms with Crippen LogP contribution in [0.15, 0.2) is 54.2 Å². The van der Waals surface area contributed by atoms with Crippen molar-refractivity contribution in [3.63, 3.8) is 0 Å². The molecule has 0 spiro atoms. The van der Waals surface area contributed by atoms with Crippen LogP contribution in [0.5, 0.6) is 0 Å². The van der Waals surface area contributed by atoms with E-state index in [2.05, 4.69) is 40.7 Å². The number of hydrogen-bond acceptors (Lipinski definition) is 4. The van der Waals surface area contributed by atoms with Gasteiger partial charge in [0.25, 0.3) is 5.91 Å². The van der Waals surface area contributed by atoms with Gasteiger partial charge in [0.1, 0.15) is 5.82 Å². The molecule has 1 aromatic carbocycles. The minimum Gasteiger partial charge on any atom is -0.376 e. The average molecular weight is 396 g/mol. The second-order valence-corrected chi connectivity index (χ2v) is 8.21. The van der Waals surface area contributed by atoms with Crippen molar-refractivity contribution in [3.05, 3.63) is 76.0 Å². The van der Waals surface area contributed by atoms with E-state index in [4.69, 9.17) is 4.74 Å². The molecular formula is C22H25N3O2S. The van der Waals surface area contributed by atoms with E-state index in [1.54, 1.807) is 0 Å². The third kappa shape index (κ3) is 4.51. The Kier molecular flexibility index (Phi) is 5.88. The lowest BCUT2D eigenvalue weighted by atomic mass is 10.1. The number of nitrogens with zero attached hydrogens (tertiary/aromatic N) is 3. The van der Waals surface area contributed by atoms with Crippen LogP contribution in [0.3, 0.4) is 0 Å². The minimum absolute atomic E-state index is 0.0515. The first kappa shape index (κ1) is 18.9. The smallest absolute Gasteiger partial charge is 0.264 e. The van der Waals surface area contributed by atoms with Crippen molar-refractivity contribution in [2.45, 2.75) is 39.0 Å². The zero-order valence-corrected chi connectivity index (χ0v) is 16.9. The molecule has 5 nitrogen and oxygen atoms in total. The van der Waals surface area contributed by atoms with Gasteiger partial charge >= 0.3 is 0 Å². The van der Waals surface area contributed by atoms with Gasteiger partial charge in [-0.3, -0.25) is 4.79 Å². The maximum absolute atomic E-state index is 13.1. The van der Waals surface area contributed by atoms with Crippen molar-refractivity contribution < 1.29 is 9.53 Å². The van der Waals surface area contributed by atoms with Gasteiger partial charge in [0.15, 0.2) is 0 Å². The molecule has 1 atom stereocenters. The number of carbonyl (C=O) groups is 1. The van der Waals surface area contributed by atoms with Crippen molar-refractivity contribution in [1.29, 1.82) is 0 Å². The van der Waals surface area contributed by atoms with E-state index in [1.807, 2.05) is 34.8 Å². The summed E-state index contributed by atoms with van der Waals surface area (Å²) in [5.74, 6) is 0.944. The molecule has 1 saturated heterocycles. The second kappa shape index (κ2) is 8.71. The third-order valence-corrected chi connectivity index (χ3v) is 5.89. The van der Waals surface area contributed by atoms with Gasteiger partial charge in [-0.15, -0.1) is 11.3 Å². The number of aryl methyl sites for hydroxylation is 1. The Bertz CT molecular complexity index is 914. The van der Waals surface area contributed by atoms with E-state index in [0.717, 1.165) is 36.7 Å². The highest BCUT2D eigenvalue weighted by molar-refractivity contribution is 7.12. The molecule has 3 heterocycles. The second-order valence-electron chi connectivity index (χ2n) is 7.26. The van der Waals surface area contributed by atoms with E-state index < -0.39 is 0 Å². The molecule has 2 aromatic heterocycles. The van der Waals surface area contributed by atoms with Crippen LogP contribution in [0.25, 0.3) is 0 Å². The zero-order chi connectivity index (χ0) is 19.3. The maximum atomic E-state index is 13.1. The highest BCUT2D eigenvalue weighted by Gasteiger charge is 2.25. The summed E-state index contributed by atoms with van der Waals surface area (Å²) in [4.78, 5) is 20.3. The maximum Gasteiger partial charge on any atom is 0.264 e. The monoisotopic (exact) mass is 395 g/mol. The Labute approximate surface area is 169 Å². The number of aromatic nitrogens is 2. The molecule has 28 heavy (non-hydrogen) atoms. The van der Waals surface area contributed by atoms with Crippen LogP contribution in [-0.2, 0) is 17.8 Å². The molecule has 6 heteroatoms. The minimum atomic E-state index is 0.0515. The number of imidazole rings is 1. The summed E-state index contributed by atoms with van der Waals surface area (Å²) in [6.45, 7) is 4.72. The largest absolute Gasteiger partial charge is 0.376 e. The number of hydrogen-bond donors (Lipinski definition) is 0. The van der Waals surface area contributed by atoms with Crippen molar-refractivity contribution >= 4 is 17.2 Å². The average Bonchev–Trinajstić information content (AvgIpc) is 3.45. The molecular weight excluding hydrogens is 370 g/mol. The molecule has 0 saturated carbocycles. The third-order valence-electron chi connectivity index (χ3n) is 5.04. The van der Waals surface area contributed by atoms with E-state index in [9.17, 15) is 4.79 Å². The van der Waals surface area contributed by atoms with Crippen LogP contribution in [0.1, 0.15) is 39.5 Å². The molecule has 1 fully saturated rings. The summed E-state index contributed by atoms with van der Waals surface area (Å²) < 4.78 is 7.92. The van der Waals surface area contributed by atoms with Gasteiger partial charge < -0.3 is 14.2 Å². The number of benzene rings is 1. The normalized spacial score (nSPS) is 16.4. The van der Waals surface area contributed by atoms with E-state index >= 15 is 0 Å². The first-order chi connectivity index (χ1) is 13.7. The summed E-state index contributed by atoms with van der Waals surface area (Å²) in [5.41, 5.74) is 2.47. The van der Waals surface area contributed by atoms with Crippen molar-refractivity contribution in [1.82, 2.24) is 14.5 Å². The number of thiophene rings is 1. The molecule has 4 rings (SSSR count). The van der Waals surface area contributed by atoms with Crippen LogP contribution in [0.2, 0.25) is 0 Å². The Morgan fingerprint density at radius 1 is 1.36 bits per heavy atom. The lowest BCUT2D eigenvalue weighted by Crippen LogP contribution is -2.37. The van der Waals surface area contributed by atoms with Crippen molar-refractivity contribution in [2.75, 3.05) is 13.2 Å². The first-order valence-electron chi connectivity index (χ1n) is 9.69. The van der Waals surface area contributed by atoms with E-state index in [-0.39, 0.29) is 12.0 Å². The van der Waals surface area contributed by atoms with Gasteiger partial charge in [-0.05, 0) is 36.8 Å². The van der Waals surface area contributed by atoms with Crippen LogP contribution in [0, 0.1) is 6.92 Å². The Morgan fingerprint density at radius 2 is 2.29 bits per heavy atom. The quantitative estimate of drug-likeness (QED) is 0.604. The van der Waals surface area contributed by atoms with Crippen LogP contribution in [0.4, 0.5) is 0 Å². The molecule has 0 N–H and O–H groups in total. The van der Waals surface area contributed by atoms with E-state index in [0.29, 0.717) is 13.1 Å². The van der Waals surface area contributed by atoms with Crippen LogP contribution in [-0.4, -0.2) is 39.6 Å². The van der Waals surface area contributed by atoms with Gasteiger partial charge in [0.05, 0.1) is 17.5 Å². The number of rotatable bonds is 7. The summed E-state index contributed by atoms with van der Waals surface area (Å²) >= 11 is 1.48. The van der Waals surface area contributed by atoms with Gasteiger partial charge in [-0.25, -0.2) is 4.98 Å². The molecule has 0 bridgehead atoms. The number of ether oxygens (including phenoxy) is 1. The zero-order valence-electron chi connectivity index (χ0n) is 16.1. The van der Waals surface area contributed by atoms with Crippen molar-refractivity contribution in [2.24, 2.45) is 0 Å². The molecule has 1 unspecified atom stereocenters. The SMILES string of the molecule is Cc1cccc(Cn2ccnc2CN(CC2CCCO2)C(=O)c2cccs2)c1. The van der Waals surface area contributed by atoms with Crippen molar-refractivity contribution in [3.8, 4) is 0 Å². The predicted molar refractivity (Wildman–Crippen MR) is 111 cm³/mol. The first-order valence-corrected chi connectivity index (χ1v) is 10.6. The summed E-state index contributed by atoms with van der Waals surface area (Å²) in [7, 11) is 0. The van der Waals surface area contributed by atoms with Gasteiger partial charge in [0.2, 0.25) is 0 Å². The molecule has 1 aliphatic heterocycles. The predicted octanol–water partition coefficient (Wildman–Crippen LogP) is 4.12. The van der Waals surface area contributed by atoms with E-state index in [1.165, 1.54) is 22.5 Å². The number of amides is 1. The van der Waals surface area contributed by atoms with Crippen LogP contribution >= 0.6 is 11.3 Å². The Morgan fingerprint density at radius 3 is 3.04 bits per heavy atom. The summed E-state index contributed by atoms with van der Waals surface area (Å²) in [5, 5.41) is 1.94. The fraction of sp³-hybridized carbons (Fsp3) is 0.364. The molecule has 1 amide bonds. The molecule has 3 aromatic rings. The lowest BCUT2D eigenvalue weighted by molar-refractivity contribution is 0.0502. The number of carbonyl (C=O) groups excluding carboxylic acids is 1. The highest BCUT2D eigenvalue weighted by atomic mass is 32.1. The van der Waals surface area contributed by atoms with Crippen LogP contribution < -0.4 is 0 Å². The molecule has 1 aliphatic rings. The van der Waals surface area contributed by atoms with Gasteiger partial charge in [-0.2, -0.15) is 0 Å². The standard InChI is InChI=1S/C22H25N3O2S/c1-17-5-2-6-18(13-17)14-24-10-9-23-21(24)16-25(15-19-7-3-11-27-19)22(26)20-8-4-12-28-20/h2,4-6,8-10,12-13,19H,3,7,11,14-16H2,1H3. The summed E-state index contributed by atoms with van der Waals surface area (Å²) in [6.07, 6.45) is 5.98. The van der Waals surface area contributed by atoms with Gasteiger partial charge in [0, 0.05) is 32.1 Å². The topological polar surface area (TPSA) is 47.4 Å². The van der Waals surface area contributed by atoms with Gasteiger partial charge in [-0.1, -0.05) is 35.9 Å². The molecule has 0 aliphatic carbocycles.